The summed E-state index contributed by atoms with van der Waals surface area (Å²) in [6, 6.07) is 4.14. The molecule has 0 saturated heterocycles. The quantitative estimate of drug-likeness (QED) is 0.808. The third-order valence-electron chi connectivity index (χ3n) is 2.05. The zero-order valence-corrected chi connectivity index (χ0v) is 8.97. The van der Waals surface area contributed by atoms with Crippen molar-refractivity contribution >= 4 is 11.6 Å². The average Bonchev–Trinajstić information content (AvgIpc) is 2.09. The highest BCUT2D eigenvalue weighted by Crippen LogP contribution is 2.19. The van der Waals surface area contributed by atoms with Crippen LogP contribution in [-0.4, -0.2) is 12.0 Å². The third-order valence-corrected chi connectivity index (χ3v) is 2.27. The third kappa shape index (κ3) is 2.68. The smallest absolute Gasteiger partial charge is 0.0589 e. The van der Waals surface area contributed by atoms with Crippen LogP contribution in [0.4, 0.5) is 0 Å². The highest BCUT2D eigenvalue weighted by atomic mass is 35.5. The van der Waals surface area contributed by atoms with E-state index < -0.39 is 0 Å². The summed E-state index contributed by atoms with van der Waals surface area (Å²) in [5, 5.41) is 3.91. The Bertz CT molecular complexity index is 256. The summed E-state index contributed by atoms with van der Waals surface area (Å²) in [5.74, 6) is 0.527. The van der Waals surface area contributed by atoms with Crippen LogP contribution in [0.1, 0.15) is 25.6 Å². The summed E-state index contributed by atoms with van der Waals surface area (Å²) in [7, 11) is 1.95. The number of nitrogens with one attached hydrogen (secondary N) is 1. The second-order valence-corrected chi connectivity index (χ2v) is 3.85. The second-order valence-electron chi connectivity index (χ2n) is 3.41. The van der Waals surface area contributed by atoms with Gasteiger partial charge in [-0.05, 0) is 25.1 Å². The molecule has 13 heavy (non-hydrogen) atoms. The molecule has 0 aliphatic heterocycles. The molecule has 1 N–H and O–H groups in total. The molecule has 0 fully saturated rings. The Morgan fingerprint density at radius 1 is 1.38 bits per heavy atom. The molecular formula is C10H15ClN2. The van der Waals surface area contributed by atoms with E-state index in [1.165, 1.54) is 0 Å². The molecule has 2 nitrogen and oxygen atoms in total. The molecule has 72 valence electrons. The molecule has 1 unspecified atom stereocenters. The normalized spacial score (nSPS) is 13.3. The van der Waals surface area contributed by atoms with Crippen molar-refractivity contribution in [1.82, 2.24) is 10.3 Å². The molecule has 0 saturated carbocycles. The number of aromatic nitrogens is 1. The Morgan fingerprint density at radius 3 is 2.46 bits per heavy atom. The van der Waals surface area contributed by atoms with Crippen molar-refractivity contribution in [3.8, 4) is 0 Å². The topological polar surface area (TPSA) is 24.9 Å². The number of halogens is 1. The molecule has 0 aliphatic carbocycles. The fourth-order valence-corrected chi connectivity index (χ4v) is 1.51. The highest BCUT2D eigenvalue weighted by molar-refractivity contribution is 6.30. The van der Waals surface area contributed by atoms with Crippen molar-refractivity contribution in [2.24, 2.45) is 5.92 Å². The largest absolute Gasteiger partial charge is 0.311 e. The van der Waals surface area contributed by atoms with Gasteiger partial charge in [0.2, 0.25) is 0 Å². The van der Waals surface area contributed by atoms with E-state index in [4.69, 9.17) is 11.6 Å². The number of hydrogen-bond acceptors (Lipinski definition) is 2. The Labute approximate surface area is 84.3 Å². The molecule has 0 aliphatic rings. The lowest BCUT2D eigenvalue weighted by Crippen LogP contribution is -2.22. The van der Waals surface area contributed by atoms with Crippen molar-refractivity contribution in [3.63, 3.8) is 0 Å². The lowest BCUT2D eigenvalue weighted by molar-refractivity contribution is 0.433. The Balaban J connectivity index is 2.86. The molecule has 1 aromatic heterocycles. The van der Waals surface area contributed by atoms with E-state index in [9.17, 15) is 0 Å². The van der Waals surface area contributed by atoms with Gasteiger partial charge in [-0.15, -0.1) is 0 Å². The van der Waals surface area contributed by atoms with E-state index in [0.29, 0.717) is 17.0 Å². The first-order valence-electron chi connectivity index (χ1n) is 4.44. The fraction of sp³-hybridized carbons (Fsp3) is 0.500. The predicted octanol–water partition coefficient (Wildman–Crippen LogP) is 2.65. The molecule has 1 heterocycles. The predicted molar refractivity (Wildman–Crippen MR) is 55.9 cm³/mol. The van der Waals surface area contributed by atoms with Gasteiger partial charge in [0, 0.05) is 6.20 Å². The number of pyridine rings is 1. The van der Waals surface area contributed by atoms with Gasteiger partial charge in [-0.2, -0.15) is 0 Å². The minimum Gasteiger partial charge on any atom is -0.311 e. The van der Waals surface area contributed by atoms with Crippen LogP contribution in [0, 0.1) is 5.92 Å². The summed E-state index contributed by atoms with van der Waals surface area (Å²) in [4.78, 5) is 4.28. The van der Waals surface area contributed by atoms with E-state index in [0.717, 1.165) is 5.69 Å². The molecule has 1 atom stereocenters. The van der Waals surface area contributed by atoms with E-state index >= 15 is 0 Å². The Morgan fingerprint density at radius 2 is 2.08 bits per heavy atom. The van der Waals surface area contributed by atoms with Gasteiger partial charge < -0.3 is 5.32 Å². The first kappa shape index (κ1) is 10.5. The van der Waals surface area contributed by atoms with Crippen LogP contribution in [0.3, 0.4) is 0 Å². The minimum atomic E-state index is 0.303. The molecule has 1 rings (SSSR count). The zero-order chi connectivity index (χ0) is 9.84. The van der Waals surface area contributed by atoms with Gasteiger partial charge in [-0.1, -0.05) is 25.4 Å². The van der Waals surface area contributed by atoms with Gasteiger partial charge in [-0.3, -0.25) is 4.98 Å². The molecule has 1 aromatic rings. The van der Waals surface area contributed by atoms with Gasteiger partial charge in [0.25, 0.3) is 0 Å². The standard InChI is InChI=1S/C10H15ClN2/c1-7(2)10(12-3)9-5-4-8(11)6-13-9/h4-7,10,12H,1-3H3. The SMILES string of the molecule is CNC(c1ccc(Cl)cn1)C(C)C. The highest BCUT2D eigenvalue weighted by Gasteiger charge is 2.13. The summed E-state index contributed by atoms with van der Waals surface area (Å²) in [6.07, 6.45) is 1.68. The summed E-state index contributed by atoms with van der Waals surface area (Å²) >= 11 is 5.76. The van der Waals surface area contributed by atoms with E-state index in [1.807, 2.05) is 19.2 Å². The van der Waals surface area contributed by atoms with Gasteiger partial charge in [0.1, 0.15) is 0 Å². The van der Waals surface area contributed by atoms with Crippen LogP contribution in [-0.2, 0) is 0 Å². The Kier molecular flexibility index (Phi) is 3.70. The van der Waals surface area contributed by atoms with Gasteiger partial charge in [0.15, 0.2) is 0 Å². The van der Waals surface area contributed by atoms with Crippen molar-refractivity contribution in [2.45, 2.75) is 19.9 Å². The number of hydrogen-bond donors (Lipinski definition) is 1. The average molecular weight is 199 g/mol. The summed E-state index contributed by atoms with van der Waals surface area (Å²) in [6.45, 7) is 4.33. The molecule has 0 spiro atoms. The number of rotatable bonds is 3. The fourth-order valence-electron chi connectivity index (χ4n) is 1.39. The van der Waals surface area contributed by atoms with Crippen LogP contribution in [0.25, 0.3) is 0 Å². The van der Waals surface area contributed by atoms with Crippen molar-refractivity contribution < 1.29 is 0 Å². The van der Waals surface area contributed by atoms with Gasteiger partial charge in [0.05, 0.1) is 16.8 Å². The monoisotopic (exact) mass is 198 g/mol. The van der Waals surface area contributed by atoms with Crippen LogP contribution in [0.5, 0.6) is 0 Å². The maximum absolute atomic E-state index is 5.76. The Hall–Kier alpha value is -0.600. The van der Waals surface area contributed by atoms with Crippen LogP contribution >= 0.6 is 11.6 Å². The summed E-state index contributed by atoms with van der Waals surface area (Å²) < 4.78 is 0. The lowest BCUT2D eigenvalue weighted by Gasteiger charge is -2.19. The van der Waals surface area contributed by atoms with Crippen molar-refractivity contribution in [3.05, 3.63) is 29.0 Å². The van der Waals surface area contributed by atoms with E-state index in [-0.39, 0.29) is 0 Å². The minimum absolute atomic E-state index is 0.303. The molecule has 0 radical (unpaired) electrons. The van der Waals surface area contributed by atoms with Crippen molar-refractivity contribution in [1.29, 1.82) is 0 Å². The first-order valence-corrected chi connectivity index (χ1v) is 4.81. The van der Waals surface area contributed by atoms with E-state index in [2.05, 4.69) is 24.1 Å². The van der Waals surface area contributed by atoms with Crippen molar-refractivity contribution in [2.75, 3.05) is 7.05 Å². The van der Waals surface area contributed by atoms with Crippen LogP contribution < -0.4 is 5.32 Å². The molecule has 3 heteroatoms. The number of nitrogens with zero attached hydrogens (tertiary/aromatic N) is 1. The summed E-state index contributed by atoms with van der Waals surface area (Å²) in [5.41, 5.74) is 1.04. The van der Waals surface area contributed by atoms with E-state index in [1.54, 1.807) is 6.20 Å². The van der Waals surface area contributed by atoms with Crippen LogP contribution in [0.15, 0.2) is 18.3 Å². The molecule has 0 amide bonds. The van der Waals surface area contributed by atoms with Gasteiger partial charge in [-0.25, -0.2) is 0 Å². The van der Waals surface area contributed by atoms with Crippen LogP contribution in [0.2, 0.25) is 5.02 Å². The maximum Gasteiger partial charge on any atom is 0.0589 e. The second kappa shape index (κ2) is 4.58. The molecular weight excluding hydrogens is 184 g/mol. The zero-order valence-electron chi connectivity index (χ0n) is 8.21. The van der Waals surface area contributed by atoms with Gasteiger partial charge >= 0.3 is 0 Å². The lowest BCUT2D eigenvalue weighted by atomic mass is 10.0. The molecule has 0 aromatic carbocycles. The maximum atomic E-state index is 5.76. The first-order chi connectivity index (χ1) is 6.15. The molecule has 0 bridgehead atoms.